The highest BCUT2D eigenvalue weighted by Crippen LogP contribution is 2.19. The highest BCUT2D eigenvalue weighted by molar-refractivity contribution is 5.93. The number of allylic oxidation sites excluding steroid dienone is 3. The molecule has 1 aliphatic rings. The molecule has 1 rings (SSSR count). The molecule has 0 atom stereocenters. The zero-order valence-electron chi connectivity index (χ0n) is 9.71. The van der Waals surface area contributed by atoms with Crippen molar-refractivity contribution in [3.8, 4) is 0 Å². The molecule has 1 N–H and O–H groups in total. The Morgan fingerprint density at radius 2 is 2.19 bits per heavy atom. The van der Waals surface area contributed by atoms with Crippen molar-refractivity contribution in [1.82, 2.24) is 5.32 Å². The number of esters is 1. The van der Waals surface area contributed by atoms with Crippen molar-refractivity contribution < 1.29 is 14.3 Å². The van der Waals surface area contributed by atoms with Gasteiger partial charge in [-0.15, -0.1) is 0 Å². The average molecular weight is 223 g/mol. The predicted octanol–water partition coefficient (Wildman–Crippen LogP) is 1.68. The van der Waals surface area contributed by atoms with E-state index < -0.39 is 5.97 Å². The Labute approximate surface area is 95.4 Å². The lowest BCUT2D eigenvalue weighted by atomic mass is 9.99. The van der Waals surface area contributed by atoms with Gasteiger partial charge in [-0.2, -0.15) is 0 Å². The molecule has 1 amide bonds. The Hall–Kier alpha value is -1.58. The summed E-state index contributed by atoms with van der Waals surface area (Å²) in [4.78, 5) is 22.3. The molecule has 4 nitrogen and oxygen atoms in total. The van der Waals surface area contributed by atoms with Crippen LogP contribution in [0.3, 0.4) is 0 Å². The number of hydrogen-bond donors (Lipinski definition) is 1. The molecule has 0 fully saturated rings. The zero-order valence-corrected chi connectivity index (χ0v) is 9.71. The molecule has 0 unspecified atom stereocenters. The topological polar surface area (TPSA) is 55.4 Å². The number of ether oxygens (including phenoxy) is 1. The minimum absolute atomic E-state index is 0.211. The van der Waals surface area contributed by atoms with Crippen LogP contribution in [0.2, 0.25) is 0 Å². The van der Waals surface area contributed by atoms with Gasteiger partial charge in [0, 0.05) is 6.92 Å². The maximum absolute atomic E-state index is 11.4. The summed E-state index contributed by atoms with van der Waals surface area (Å²) < 4.78 is 4.61. The number of carbonyl (C=O) groups excluding carboxylic acids is 2. The second kappa shape index (κ2) is 6.10. The highest BCUT2D eigenvalue weighted by Gasteiger charge is 2.12. The van der Waals surface area contributed by atoms with E-state index in [-0.39, 0.29) is 11.6 Å². The second-order valence-electron chi connectivity index (χ2n) is 3.76. The van der Waals surface area contributed by atoms with Crippen molar-refractivity contribution in [2.45, 2.75) is 32.6 Å². The number of nitrogens with one attached hydrogen (secondary N) is 1. The van der Waals surface area contributed by atoms with Crippen molar-refractivity contribution in [2.24, 2.45) is 0 Å². The summed E-state index contributed by atoms with van der Waals surface area (Å²) in [6.07, 6.45) is 8.07. The summed E-state index contributed by atoms with van der Waals surface area (Å²) in [5, 5.41) is 2.48. The van der Waals surface area contributed by atoms with Crippen molar-refractivity contribution in [3.05, 3.63) is 23.4 Å². The Bertz CT molecular complexity index is 342. The smallest absolute Gasteiger partial charge is 0.354 e. The Kier molecular flexibility index (Phi) is 4.76. The third kappa shape index (κ3) is 3.88. The molecule has 0 saturated heterocycles. The summed E-state index contributed by atoms with van der Waals surface area (Å²) in [5.41, 5.74) is 1.29. The fraction of sp³-hybridized carbons (Fsp3) is 0.500. The first-order valence-electron chi connectivity index (χ1n) is 5.40. The first kappa shape index (κ1) is 12.5. The molecule has 0 bridgehead atoms. The van der Waals surface area contributed by atoms with Gasteiger partial charge in [-0.05, 0) is 37.3 Å². The first-order valence-corrected chi connectivity index (χ1v) is 5.40. The molecule has 4 heteroatoms. The number of amides is 1. The van der Waals surface area contributed by atoms with Crippen LogP contribution >= 0.6 is 0 Å². The largest absolute Gasteiger partial charge is 0.464 e. The molecule has 0 aliphatic heterocycles. The summed E-state index contributed by atoms with van der Waals surface area (Å²) >= 11 is 0. The number of rotatable bonds is 3. The van der Waals surface area contributed by atoms with Gasteiger partial charge >= 0.3 is 5.97 Å². The zero-order chi connectivity index (χ0) is 12.0. The van der Waals surface area contributed by atoms with Crippen LogP contribution in [0.15, 0.2) is 23.4 Å². The maximum Gasteiger partial charge on any atom is 0.354 e. The second-order valence-corrected chi connectivity index (χ2v) is 3.76. The van der Waals surface area contributed by atoms with Gasteiger partial charge in [0.05, 0.1) is 7.11 Å². The molecule has 0 spiro atoms. The van der Waals surface area contributed by atoms with Crippen LogP contribution in [0.5, 0.6) is 0 Å². The monoisotopic (exact) mass is 223 g/mol. The van der Waals surface area contributed by atoms with Crippen LogP contribution in [-0.2, 0) is 14.3 Å². The van der Waals surface area contributed by atoms with Gasteiger partial charge in [0.1, 0.15) is 5.70 Å². The molecule has 0 aromatic rings. The third-order valence-corrected chi connectivity index (χ3v) is 2.37. The quantitative estimate of drug-likeness (QED) is 0.585. The van der Waals surface area contributed by atoms with E-state index in [4.69, 9.17) is 0 Å². The molecule has 0 heterocycles. The molecular formula is C12H17NO3. The fourth-order valence-electron chi connectivity index (χ4n) is 1.63. The van der Waals surface area contributed by atoms with E-state index in [1.165, 1.54) is 20.5 Å². The molecule has 1 aliphatic carbocycles. The van der Waals surface area contributed by atoms with Gasteiger partial charge in [0.2, 0.25) is 5.91 Å². The maximum atomic E-state index is 11.4. The first-order chi connectivity index (χ1) is 7.63. The molecule has 88 valence electrons. The van der Waals surface area contributed by atoms with Crippen molar-refractivity contribution >= 4 is 11.9 Å². The van der Waals surface area contributed by atoms with Gasteiger partial charge in [0.15, 0.2) is 0 Å². The fourth-order valence-corrected chi connectivity index (χ4v) is 1.63. The molecule has 0 radical (unpaired) electrons. The van der Waals surface area contributed by atoms with Gasteiger partial charge < -0.3 is 10.1 Å². The van der Waals surface area contributed by atoms with E-state index in [0.717, 1.165) is 24.8 Å². The summed E-state index contributed by atoms with van der Waals surface area (Å²) in [6.45, 7) is 1.37. The van der Waals surface area contributed by atoms with Crippen LogP contribution in [-0.4, -0.2) is 19.0 Å². The minimum atomic E-state index is -0.512. The van der Waals surface area contributed by atoms with Gasteiger partial charge in [-0.3, -0.25) is 4.79 Å². The van der Waals surface area contributed by atoms with Crippen molar-refractivity contribution in [2.75, 3.05) is 7.11 Å². The van der Waals surface area contributed by atoms with E-state index in [1.807, 2.05) is 0 Å². The van der Waals surface area contributed by atoms with Gasteiger partial charge in [0.25, 0.3) is 0 Å². The SMILES string of the molecule is COC(=O)/C(=C/C1=CCCCC1)NC(C)=O. The Morgan fingerprint density at radius 3 is 2.69 bits per heavy atom. The van der Waals surface area contributed by atoms with Crippen LogP contribution in [0.4, 0.5) is 0 Å². The van der Waals surface area contributed by atoms with E-state index in [2.05, 4.69) is 16.1 Å². The normalized spacial score (nSPS) is 16.4. The summed E-state index contributed by atoms with van der Waals surface area (Å²) in [7, 11) is 1.30. The van der Waals surface area contributed by atoms with E-state index >= 15 is 0 Å². The third-order valence-electron chi connectivity index (χ3n) is 2.37. The Morgan fingerprint density at radius 1 is 1.44 bits per heavy atom. The van der Waals surface area contributed by atoms with Crippen LogP contribution in [0.1, 0.15) is 32.6 Å². The lowest BCUT2D eigenvalue weighted by molar-refractivity contribution is -0.137. The van der Waals surface area contributed by atoms with Gasteiger partial charge in [-0.1, -0.05) is 6.08 Å². The molecular weight excluding hydrogens is 206 g/mol. The summed E-state index contributed by atoms with van der Waals surface area (Å²) in [6, 6.07) is 0. The minimum Gasteiger partial charge on any atom is -0.464 e. The number of hydrogen-bond acceptors (Lipinski definition) is 3. The Balaban J connectivity index is 2.81. The predicted molar refractivity (Wildman–Crippen MR) is 60.5 cm³/mol. The van der Waals surface area contributed by atoms with Crippen LogP contribution in [0, 0.1) is 0 Å². The lowest BCUT2D eigenvalue weighted by Gasteiger charge is -2.11. The molecule has 0 saturated carbocycles. The number of carbonyl (C=O) groups is 2. The average Bonchev–Trinajstić information content (AvgIpc) is 2.28. The highest BCUT2D eigenvalue weighted by atomic mass is 16.5. The van der Waals surface area contributed by atoms with Crippen molar-refractivity contribution in [3.63, 3.8) is 0 Å². The van der Waals surface area contributed by atoms with Crippen molar-refractivity contribution in [1.29, 1.82) is 0 Å². The van der Waals surface area contributed by atoms with Crippen LogP contribution in [0.25, 0.3) is 0 Å². The molecule has 0 aromatic carbocycles. The van der Waals surface area contributed by atoms with E-state index in [0.29, 0.717) is 0 Å². The summed E-state index contributed by atoms with van der Waals surface area (Å²) in [5.74, 6) is -0.783. The molecule has 16 heavy (non-hydrogen) atoms. The van der Waals surface area contributed by atoms with Gasteiger partial charge in [-0.25, -0.2) is 4.79 Å². The standard InChI is InChI=1S/C12H17NO3/c1-9(14)13-11(12(15)16-2)8-10-6-4-3-5-7-10/h6,8H,3-5,7H2,1-2H3,(H,13,14)/b11-8-. The molecule has 0 aromatic heterocycles. The van der Waals surface area contributed by atoms with E-state index in [1.54, 1.807) is 6.08 Å². The lowest BCUT2D eigenvalue weighted by Crippen LogP contribution is -2.26. The van der Waals surface area contributed by atoms with E-state index in [9.17, 15) is 9.59 Å². The number of methoxy groups -OCH3 is 1. The van der Waals surface area contributed by atoms with Crippen LogP contribution < -0.4 is 5.32 Å².